The van der Waals surface area contributed by atoms with Crippen LogP contribution >= 0.6 is 11.6 Å². The van der Waals surface area contributed by atoms with Crippen molar-refractivity contribution >= 4 is 28.8 Å². The Bertz CT molecular complexity index is 1280. The molecule has 0 bridgehead atoms. The molecule has 7 nitrogen and oxygen atoms in total. The monoisotopic (exact) mass is 464 g/mol. The van der Waals surface area contributed by atoms with Crippen LogP contribution in [0, 0.1) is 5.82 Å². The summed E-state index contributed by atoms with van der Waals surface area (Å²) in [6, 6.07) is 17.9. The molecule has 0 saturated carbocycles. The molecule has 1 aliphatic heterocycles. The molecular weight excluding hydrogens is 443 g/mol. The van der Waals surface area contributed by atoms with Crippen molar-refractivity contribution in [3.63, 3.8) is 0 Å². The summed E-state index contributed by atoms with van der Waals surface area (Å²) >= 11 is 5.98. The molecule has 33 heavy (non-hydrogen) atoms. The topological polar surface area (TPSA) is 66.6 Å². The van der Waals surface area contributed by atoms with Crippen molar-refractivity contribution in [2.24, 2.45) is 0 Å². The van der Waals surface area contributed by atoms with E-state index in [1.54, 1.807) is 16.6 Å². The number of carbonyl (C=O) groups excluding carboxylic acids is 1. The summed E-state index contributed by atoms with van der Waals surface area (Å²) in [6.07, 6.45) is 0.748. The van der Waals surface area contributed by atoms with Crippen molar-refractivity contribution in [3.05, 3.63) is 77.3 Å². The maximum atomic E-state index is 14.0. The Balaban J connectivity index is 1.23. The minimum Gasteiger partial charge on any atom is -0.366 e. The number of hydrogen-bond acceptors (Lipinski definition) is 5. The van der Waals surface area contributed by atoms with Gasteiger partial charge in [0.2, 0.25) is 5.91 Å². The Labute approximate surface area is 195 Å². The van der Waals surface area contributed by atoms with Gasteiger partial charge in [0.15, 0.2) is 11.5 Å². The van der Waals surface area contributed by atoms with Crippen molar-refractivity contribution in [1.82, 2.24) is 24.7 Å². The van der Waals surface area contributed by atoms with Crippen LogP contribution in [0.15, 0.2) is 60.7 Å². The van der Waals surface area contributed by atoms with Crippen molar-refractivity contribution < 1.29 is 9.18 Å². The van der Waals surface area contributed by atoms with Crippen molar-refractivity contribution in [1.29, 1.82) is 0 Å². The quantitative estimate of drug-likeness (QED) is 0.448. The number of nitrogens with zero attached hydrogens (tertiary/aromatic N) is 6. The smallest absolute Gasteiger partial charge is 0.223 e. The number of para-hydroxylation sites is 1. The molecular formula is C24H22ClFN6O. The van der Waals surface area contributed by atoms with Gasteiger partial charge in [0.05, 0.1) is 11.4 Å². The zero-order valence-electron chi connectivity index (χ0n) is 17.9. The number of rotatable bonds is 5. The van der Waals surface area contributed by atoms with Gasteiger partial charge in [-0.05, 0) is 36.4 Å². The molecule has 1 amide bonds. The SMILES string of the molecule is O=C(CCc1nnc2ccc(-c3ccc(Cl)cc3)nn12)N1CCN(c2ccccc2F)CC1. The molecule has 2 aromatic carbocycles. The molecule has 0 N–H and O–H groups in total. The summed E-state index contributed by atoms with van der Waals surface area (Å²) in [5, 5.41) is 13.7. The van der Waals surface area contributed by atoms with Gasteiger partial charge in [0.1, 0.15) is 5.82 Å². The first kappa shape index (κ1) is 21.3. The highest BCUT2D eigenvalue weighted by molar-refractivity contribution is 6.30. The third-order valence-electron chi connectivity index (χ3n) is 5.86. The Morgan fingerprint density at radius 2 is 1.70 bits per heavy atom. The Morgan fingerprint density at radius 1 is 0.939 bits per heavy atom. The summed E-state index contributed by atoms with van der Waals surface area (Å²) in [5.74, 6) is 0.453. The first-order chi connectivity index (χ1) is 16.1. The van der Waals surface area contributed by atoms with E-state index in [1.165, 1.54) is 6.07 Å². The average Bonchev–Trinajstić information content (AvgIpc) is 3.26. The van der Waals surface area contributed by atoms with E-state index in [4.69, 9.17) is 11.6 Å². The number of halogens is 2. The van der Waals surface area contributed by atoms with Crippen molar-refractivity contribution in [2.45, 2.75) is 12.8 Å². The third kappa shape index (κ3) is 4.52. The van der Waals surface area contributed by atoms with Gasteiger partial charge in [-0.2, -0.15) is 9.61 Å². The second-order valence-electron chi connectivity index (χ2n) is 7.93. The second kappa shape index (κ2) is 9.15. The van der Waals surface area contributed by atoms with E-state index in [0.29, 0.717) is 61.2 Å². The van der Waals surface area contributed by atoms with E-state index in [2.05, 4.69) is 15.3 Å². The van der Waals surface area contributed by atoms with E-state index in [-0.39, 0.29) is 11.7 Å². The number of amides is 1. The molecule has 1 saturated heterocycles. The van der Waals surface area contributed by atoms with Crippen LogP contribution in [-0.4, -0.2) is 56.8 Å². The van der Waals surface area contributed by atoms with Crippen LogP contribution in [0.1, 0.15) is 12.2 Å². The number of fused-ring (bicyclic) bond motifs is 1. The maximum absolute atomic E-state index is 14.0. The number of benzene rings is 2. The van der Waals surface area contributed by atoms with Crippen LogP contribution in [0.3, 0.4) is 0 Å². The fourth-order valence-corrected chi connectivity index (χ4v) is 4.17. The third-order valence-corrected chi connectivity index (χ3v) is 6.11. The average molecular weight is 465 g/mol. The van der Waals surface area contributed by atoms with Crippen molar-refractivity contribution in [3.8, 4) is 11.3 Å². The maximum Gasteiger partial charge on any atom is 0.223 e. The van der Waals surface area contributed by atoms with Gasteiger partial charge in [-0.25, -0.2) is 4.39 Å². The molecule has 0 spiro atoms. The molecule has 0 unspecified atom stereocenters. The standard InChI is InChI=1S/C24H22ClFN6O/c25-18-7-5-17(6-8-18)20-9-10-22-27-28-23(32(22)29-20)11-12-24(33)31-15-13-30(14-16-31)21-4-2-1-3-19(21)26/h1-10H,11-16H2. The van der Waals surface area contributed by atoms with Crippen LogP contribution in [0.5, 0.6) is 0 Å². The van der Waals surface area contributed by atoms with Crippen LogP contribution in [0.2, 0.25) is 5.02 Å². The van der Waals surface area contributed by atoms with Crippen molar-refractivity contribution in [2.75, 3.05) is 31.1 Å². The van der Waals surface area contributed by atoms with Gasteiger partial charge >= 0.3 is 0 Å². The lowest BCUT2D eigenvalue weighted by Gasteiger charge is -2.36. The lowest BCUT2D eigenvalue weighted by molar-refractivity contribution is -0.131. The van der Waals surface area contributed by atoms with E-state index in [1.807, 2.05) is 52.3 Å². The molecule has 1 aliphatic rings. The fourth-order valence-electron chi connectivity index (χ4n) is 4.05. The van der Waals surface area contributed by atoms with E-state index >= 15 is 0 Å². The molecule has 3 heterocycles. The lowest BCUT2D eigenvalue weighted by atomic mass is 10.1. The predicted octanol–water partition coefficient (Wildman–Crippen LogP) is 3.87. The zero-order valence-corrected chi connectivity index (χ0v) is 18.6. The zero-order chi connectivity index (χ0) is 22.8. The Hall–Kier alpha value is -3.52. The summed E-state index contributed by atoms with van der Waals surface area (Å²) < 4.78 is 15.7. The number of aromatic nitrogens is 4. The molecule has 0 atom stereocenters. The summed E-state index contributed by atoms with van der Waals surface area (Å²) in [5.41, 5.74) is 2.93. The lowest BCUT2D eigenvalue weighted by Crippen LogP contribution is -2.49. The number of piperazine rings is 1. The predicted molar refractivity (Wildman–Crippen MR) is 125 cm³/mol. The second-order valence-corrected chi connectivity index (χ2v) is 8.37. The Morgan fingerprint density at radius 3 is 2.45 bits per heavy atom. The first-order valence-electron chi connectivity index (χ1n) is 10.8. The molecule has 2 aromatic heterocycles. The first-order valence-corrected chi connectivity index (χ1v) is 11.2. The minimum atomic E-state index is -0.235. The summed E-state index contributed by atoms with van der Waals surface area (Å²) in [6.45, 7) is 2.33. The number of anilines is 1. The highest BCUT2D eigenvalue weighted by atomic mass is 35.5. The van der Waals surface area contributed by atoms with Gasteiger partial charge in [-0.3, -0.25) is 4.79 Å². The molecule has 0 radical (unpaired) electrons. The van der Waals surface area contributed by atoms with Gasteiger partial charge in [-0.1, -0.05) is 35.9 Å². The normalized spacial score (nSPS) is 14.1. The largest absolute Gasteiger partial charge is 0.366 e. The van der Waals surface area contributed by atoms with Crippen LogP contribution < -0.4 is 4.90 Å². The van der Waals surface area contributed by atoms with Crippen LogP contribution in [-0.2, 0) is 11.2 Å². The van der Waals surface area contributed by atoms with Gasteiger partial charge in [0.25, 0.3) is 0 Å². The van der Waals surface area contributed by atoms with Gasteiger partial charge in [-0.15, -0.1) is 10.2 Å². The number of hydrogen-bond donors (Lipinski definition) is 0. The molecule has 0 aliphatic carbocycles. The number of carbonyl (C=O) groups is 1. The summed E-state index contributed by atoms with van der Waals surface area (Å²) in [4.78, 5) is 16.6. The van der Waals surface area contributed by atoms with Gasteiger partial charge < -0.3 is 9.80 Å². The molecule has 9 heteroatoms. The van der Waals surface area contributed by atoms with E-state index < -0.39 is 0 Å². The van der Waals surface area contributed by atoms with E-state index in [0.717, 1.165) is 11.3 Å². The van der Waals surface area contributed by atoms with Gasteiger partial charge in [0, 0.05) is 49.6 Å². The Kier molecular flexibility index (Phi) is 5.92. The summed E-state index contributed by atoms with van der Waals surface area (Å²) in [7, 11) is 0. The molecule has 1 fully saturated rings. The highest BCUT2D eigenvalue weighted by Gasteiger charge is 2.23. The van der Waals surface area contributed by atoms with Crippen LogP contribution in [0.25, 0.3) is 16.9 Å². The highest BCUT2D eigenvalue weighted by Crippen LogP contribution is 2.22. The fraction of sp³-hybridized carbons (Fsp3) is 0.250. The molecule has 168 valence electrons. The minimum absolute atomic E-state index is 0.0498. The molecule has 5 rings (SSSR count). The molecule has 4 aromatic rings. The number of aryl methyl sites for hydroxylation is 1. The van der Waals surface area contributed by atoms with Crippen LogP contribution in [0.4, 0.5) is 10.1 Å². The van der Waals surface area contributed by atoms with E-state index in [9.17, 15) is 9.18 Å².